The lowest BCUT2D eigenvalue weighted by Crippen LogP contribution is -2.11. The highest BCUT2D eigenvalue weighted by Crippen LogP contribution is 2.31. The average Bonchev–Trinajstić information content (AvgIpc) is 3.67. The number of rotatable bonds is 12. The first kappa shape index (κ1) is 23.8. The van der Waals surface area contributed by atoms with Gasteiger partial charge in [-0.25, -0.2) is 0 Å². The van der Waals surface area contributed by atoms with Crippen LogP contribution in [0, 0.1) is 5.92 Å². The van der Waals surface area contributed by atoms with Gasteiger partial charge in [-0.15, -0.1) is 0 Å². The molecule has 0 spiro atoms. The zero-order valence-electron chi connectivity index (χ0n) is 19.2. The van der Waals surface area contributed by atoms with Crippen LogP contribution in [0.1, 0.15) is 42.0 Å². The van der Waals surface area contributed by atoms with Gasteiger partial charge in [0, 0.05) is 30.4 Å². The second-order valence-electron chi connectivity index (χ2n) is 8.95. The predicted molar refractivity (Wildman–Crippen MR) is 134 cm³/mol. The molecule has 0 aromatic heterocycles. The number of para-hydroxylation sites is 1. The first-order valence-electron chi connectivity index (χ1n) is 11.8. The van der Waals surface area contributed by atoms with Crippen LogP contribution in [0.2, 0.25) is 0 Å². The van der Waals surface area contributed by atoms with Crippen LogP contribution >= 0.6 is 0 Å². The maximum atomic E-state index is 11.2. The minimum absolute atomic E-state index is 0.0524. The second-order valence-corrected chi connectivity index (χ2v) is 8.95. The van der Waals surface area contributed by atoms with Crippen LogP contribution in [0.5, 0.6) is 5.75 Å². The van der Waals surface area contributed by atoms with E-state index in [0.29, 0.717) is 24.3 Å². The fourth-order valence-corrected chi connectivity index (χ4v) is 4.00. The van der Waals surface area contributed by atoms with Gasteiger partial charge in [-0.2, -0.15) is 0 Å². The van der Waals surface area contributed by atoms with E-state index >= 15 is 0 Å². The molecule has 1 aliphatic carbocycles. The summed E-state index contributed by atoms with van der Waals surface area (Å²) in [6.45, 7) is 1.33. The maximum absolute atomic E-state index is 11.2. The van der Waals surface area contributed by atoms with Gasteiger partial charge in [0.25, 0.3) is 0 Å². The number of nitrogens with one attached hydrogen (secondary N) is 1. The van der Waals surface area contributed by atoms with Gasteiger partial charge in [0.2, 0.25) is 0 Å². The van der Waals surface area contributed by atoms with Crippen molar-refractivity contribution in [3.63, 3.8) is 0 Å². The molecule has 6 nitrogen and oxygen atoms in total. The molecule has 3 aromatic rings. The number of carbonyl (C=O) groups is 1. The highest BCUT2D eigenvalue weighted by atomic mass is 16.5. The summed E-state index contributed by atoms with van der Waals surface area (Å²) in [4.78, 5) is 11.2. The summed E-state index contributed by atoms with van der Waals surface area (Å²) < 4.78 is 6.06. The largest absolute Gasteiger partial charge is 0.489 e. The first-order valence-corrected chi connectivity index (χ1v) is 11.8. The van der Waals surface area contributed by atoms with Crippen molar-refractivity contribution in [3.05, 3.63) is 83.4 Å². The highest BCUT2D eigenvalue weighted by molar-refractivity contribution is 5.71. The van der Waals surface area contributed by atoms with Crippen molar-refractivity contribution in [1.29, 1.82) is 0 Å². The molecule has 6 heteroatoms. The monoisotopic (exact) mass is 460 g/mol. The summed E-state index contributed by atoms with van der Waals surface area (Å²) in [6.07, 6.45) is 2.98. The molecule has 1 atom stereocenters. The number of ether oxygens (including phenoxy) is 1. The van der Waals surface area contributed by atoms with Crippen LogP contribution in [0.15, 0.2) is 66.7 Å². The fourth-order valence-electron chi connectivity index (χ4n) is 4.00. The number of anilines is 1. The molecular weight excluding hydrogens is 428 g/mol. The summed E-state index contributed by atoms with van der Waals surface area (Å²) in [5, 5.41) is 22.0. The normalized spacial score (nSPS) is 13.9. The standard InChI is InChI=1S/C28H32N2O4/c29-26(10-11-31)22-6-3-5-21(14-22)24-12-20(13-25(15-24)30-17-19-8-9-19)18-34-27-7-2-1-4-23(27)16-28(32)33/h1-7,12-15,19,26,30-31H,8-11,16-18,29H2,(H,32,33)/t26-/m1/s1. The Balaban J connectivity index is 1.59. The van der Waals surface area contributed by atoms with E-state index in [4.69, 9.17) is 10.5 Å². The molecule has 178 valence electrons. The van der Waals surface area contributed by atoms with E-state index in [0.717, 1.165) is 40.4 Å². The van der Waals surface area contributed by atoms with E-state index in [1.807, 2.05) is 24.3 Å². The van der Waals surface area contributed by atoms with Crippen molar-refractivity contribution < 1.29 is 19.7 Å². The minimum atomic E-state index is -0.885. The van der Waals surface area contributed by atoms with Gasteiger partial charge >= 0.3 is 5.97 Å². The van der Waals surface area contributed by atoms with Gasteiger partial charge in [-0.05, 0) is 77.8 Å². The van der Waals surface area contributed by atoms with Crippen LogP contribution in [-0.2, 0) is 17.8 Å². The average molecular weight is 461 g/mol. The molecule has 5 N–H and O–H groups in total. The molecule has 3 aromatic carbocycles. The summed E-state index contributed by atoms with van der Waals surface area (Å²) in [5.74, 6) is 0.440. The molecule has 4 rings (SSSR count). The molecule has 0 radical (unpaired) electrons. The minimum Gasteiger partial charge on any atom is -0.489 e. The molecule has 0 heterocycles. The number of hydrogen-bond acceptors (Lipinski definition) is 5. The second kappa shape index (κ2) is 11.2. The van der Waals surface area contributed by atoms with Gasteiger partial charge in [-0.3, -0.25) is 4.79 Å². The summed E-state index contributed by atoms with van der Waals surface area (Å²) in [7, 11) is 0. The molecule has 34 heavy (non-hydrogen) atoms. The van der Waals surface area contributed by atoms with E-state index in [-0.39, 0.29) is 19.1 Å². The smallest absolute Gasteiger partial charge is 0.307 e. The third kappa shape index (κ3) is 6.59. The molecule has 1 saturated carbocycles. The van der Waals surface area contributed by atoms with Gasteiger partial charge in [0.05, 0.1) is 6.42 Å². The lowest BCUT2D eigenvalue weighted by atomic mass is 9.97. The van der Waals surface area contributed by atoms with Crippen molar-refractivity contribution in [3.8, 4) is 16.9 Å². The van der Waals surface area contributed by atoms with Crippen molar-refractivity contribution in [1.82, 2.24) is 0 Å². The van der Waals surface area contributed by atoms with E-state index in [2.05, 4.69) is 35.6 Å². The topological polar surface area (TPSA) is 105 Å². The number of aliphatic hydroxyl groups excluding tert-OH is 1. The molecule has 0 unspecified atom stereocenters. The van der Waals surface area contributed by atoms with Gasteiger partial charge in [0.1, 0.15) is 12.4 Å². The molecule has 1 fully saturated rings. The Morgan fingerprint density at radius 2 is 1.88 bits per heavy atom. The Bertz CT molecular complexity index is 1130. The Kier molecular flexibility index (Phi) is 7.83. The molecule has 1 aliphatic rings. The van der Waals surface area contributed by atoms with Crippen molar-refractivity contribution >= 4 is 11.7 Å². The quantitative estimate of drug-likeness (QED) is 0.311. The van der Waals surface area contributed by atoms with E-state index in [1.54, 1.807) is 12.1 Å². The third-order valence-electron chi connectivity index (χ3n) is 6.08. The number of benzene rings is 3. The van der Waals surface area contributed by atoms with Gasteiger partial charge < -0.3 is 26.0 Å². The molecule has 0 saturated heterocycles. The number of aliphatic carboxylic acids is 1. The SMILES string of the molecule is N[C@H](CCO)c1cccc(-c2cc(COc3ccccc3CC(=O)O)cc(NCC3CC3)c2)c1. The molecule has 0 amide bonds. The Morgan fingerprint density at radius 3 is 2.65 bits per heavy atom. The Morgan fingerprint density at radius 1 is 1.06 bits per heavy atom. The summed E-state index contributed by atoms with van der Waals surface area (Å²) in [5.41, 5.74) is 12.0. The predicted octanol–water partition coefficient (Wildman–Crippen LogP) is 4.76. The van der Waals surface area contributed by atoms with Crippen LogP contribution in [0.25, 0.3) is 11.1 Å². The third-order valence-corrected chi connectivity index (χ3v) is 6.08. The fraction of sp³-hybridized carbons (Fsp3) is 0.321. The highest BCUT2D eigenvalue weighted by Gasteiger charge is 2.20. The number of carboxylic acids is 1. The first-order chi connectivity index (χ1) is 16.5. The van der Waals surface area contributed by atoms with Crippen LogP contribution < -0.4 is 15.8 Å². The Hall–Kier alpha value is -3.35. The Labute approximate surface area is 200 Å². The van der Waals surface area contributed by atoms with E-state index in [9.17, 15) is 15.0 Å². The van der Waals surface area contributed by atoms with Gasteiger partial charge in [0.15, 0.2) is 0 Å². The molecular formula is C28H32N2O4. The van der Waals surface area contributed by atoms with E-state index < -0.39 is 5.97 Å². The number of aliphatic hydroxyl groups is 1. The van der Waals surface area contributed by atoms with Crippen molar-refractivity contribution in [2.75, 3.05) is 18.5 Å². The molecule has 0 bridgehead atoms. The van der Waals surface area contributed by atoms with E-state index in [1.165, 1.54) is 12.8 Å². The van der Waals surface area contributed by atoms with Crippen LogP contribution in [0.3, 0.4) is 0 Å². The van der Waals surface area contributed by atoms with Crippen molar-refractivity contribution in [2.45, 2.75) is 38.3 Å². The lowest BCUT2D eigenvalue weighted by molar-refractivity contribution is -0.136. The van der Waals surface area contributed by atoms with Crippen LogP contribution in [-0.4, -0.2) is 29.3 Å². The lowest BCUT2D eigenvalue weighted by Gasteiger charge is -2.16. The zero-order valence-corrected chi connectivity index (χ0v) is 19.2. The zero-order chi connectivity index (χ0) is 23.9. The number of carboxylic acid groups (broad SMARTS) is 1. The summed E-state index contributed by atoms with van der Waals surface area (Å²) >= 11 is 0. The maximum Gasteiger partial charge on any atom is 0.307 e. The number of nitrogens with two attached hydrogens (primary N) is 1. The van der Waals surface area contributed by atoms with Crippen LogP contribution in [0.4, 0.5) is 5.69 Å². The summed E-state index contributed by atoms with van der Waals surface area (Å²) in [6, 6.07) is 21.5. The number of hydrogen-bond donors (Lipinski definition) is 4. The van der Waals surface area contributed by atoms with Gasteiger partial charge in [-0.1, -0.05) is 36.4 Å². The van der Waals surface area contributed by atoms with Crippen molar-refractivity contribution in [2.24, 2.45) is 11.7 Å². The molecule has 0 aliphatic heterocycles.